The van der Waals surface area contributed by atoms with E-state index in [-0.39, 0.29) is 16.3 Å². The highest BCUT2D eigenvalue weighted by atomic mass is 32.2. The van der Waals surface area contributed by atoms with Crippen LogP contribution in [-0.4, -0.2) is 15.5 Å². The molecule has 0 fully saturated rings. The van der Waals surface area contributed by atoms with Crippen LogP contribution in [0, 0.1) is 5.82 Å². The van der Waals surface area contributed by atoms with Crippen LogP contribution in [0.15, 0.2) is 41.3 Å². The van der Waals surface area contributed by atoms with E-state index in [1.807, 2.05) is 6.07 Å². The minimum absolute atomic E-state index is 0.0699. The summed E-state index contributed by atoms with van der Waals surface area (Å²) < 4.78 is 45.7. The van der Waals surface area contributed by atoms with Gasteiger partial charge in [-0.2, -0.15) is 0 Å². The molecule has 2 aromatic rings. The molecule has 0 atom stereocenters. The molecule has 1 N–H and O–H groups in total. The molecule has 116 valence electrons. The first-order valence-electron chi connectivity index (χ1n) is 6.98. The molecule has 1 aliphatic carbocycles. The first kappa shape index (κ1) is 14.8. The number of fused-ring (bicyclic) bond motifs is 1. The van der Waals surface area contributed by atoms with E-state index in [1.54, 1.807) is 12.1 Å². The smallest absolute Gasteiger partial charge is 0.261 e. The summed E-state index contributed by atoms with van der Waals surface area (Å²) >= 11 is 0. The Morgan fingerprint density at radius 1 is 1.09 bits per heavy atom. The Kier molecular flexibility index (Phi) is 3.78. The zero-order valence-corrected chi connectivity index (χ0v) is 12.9. The predicted molar refractivity (Wildman–Crippen MR) is 82.2 cm³/mol. The van der Waals surface area contributed by atoms with Gasteiger partial charge < -0.3 is 4.74 Å². The molecule has 2 aromatic carbocycles. The SMILES string of the molecule is COc1ccc(NS(=O)(=O)c2ccc3c(c2)CCC3)cc1F. The number of hydrogen-bond donors (Lipinski definition) is 1. The predicted octanol–water partition coefficient (Wildman–Crippen LogP) is 3.12. The van der Waals surface area contributed by atoms with Gasteiger partial charge in [0.25, 0.3) is 10.0 Å². The summed E-state index contributed by atoms with van der Waals surface area (Å²) in [6, 6.07) is 9.09. The summed E-state index contributed by atoms with van der Waals surface area (Å²) in [6.45, 7) is 0. The van der Waals surface area contributed by atoms with Gasteiger partial charge in [-0.1, -0.05) is 6.07 Å². The van der Waals surface area contributed by atoms with Gasteiger partial charge in [-0.3, -0.25) is 4.72 Å². The maximum absolute atomic E-state index is 13.6. The summed E-state index contributed by atoms with van der Waals surface area (Å²) in [4.78, 5) is 0.198. The van der Waals surface area contributed by atoms with Gasteiger partial charge in [-0.05, 0) is 54.7 Å². The van der Waals surface area contributed by atoms with Gasteiger partial charge in [0.05, 0.1) is 17.7 Å². The molecule has 6 heteroatoms. The van der Waals surface area contributed by atoms with Crippen molar-refractivity contribution in [3.05, 3.63) is 53.3 Å². The highest BCUT2D eigenvalue weighted by molar-refractivity contribution is 7.92. The summed E-state index contributed by atoms with van der Waals surface area (Å²) in [6.07, 6.45) is 2.94. The minimum atomic E-state index is -3.73. The number of ether oxygens (including phenoxy) is 1. The van der Waals surface area contributed by atoms with Crippen LogP contribution in [0.3, 0.4) is 0 Å². The fourth-order valence-corrected chi connectivity index (χ4v) is 3.76. The van der Waals surface area contributed by atoms with Gasteiger partial charge in [0.1, 0.15) is 0 Å². The Labute approximate surface area is 129 Å². The maximum atomic E-state index is 13.6. The molecule has 0 unspecified atom stereocenters. The van der Waals surface area contributed by atoms with E-state index in [4.69, 9.17) is 4.74 Å². The molecule has 0 spiro atoms. The second kappa shape index (κ2) is 5.61. The molecular weight excluding hydrogens is 305 g/mol. The summed E-state index contributed by atoms with van der Waals surface area (Å²) in [5, 5.41) is 0. The number of methoxy groups -OCH3 is 1. The van der Waals surface area contributed by atoms with Crippen molar-refractivity contribution >= 4 is 15.7 Å². The lowest BCUT2D eigenvalue weighted by Gasteiger charge is -2.10. The number of anilines is 1. The second-order valence-electron chi connectivity index (χ2n) is 5.24. The average Bonchev–Trinajstić information content (AvgIpc) is 2.94. The fraction of sp³-hybridized carbons (Fsp3) is 0.250. The van der Waals surface area contributed by atoms with Crippen molar-refractivity contribution in [3.8, 4) is 5.75 Å². The third-order valence-electron chi connectivity index (χ3n) is 3.78. The van der Waals surface area contributed by atoms with Gasteiger partial charge in [-0.15, -0.1) is 0 Å². The van der Waals surface area contributed by atoms with Crippen molar-refractivity contribution in [2.24, 2.45) is 0 Å². The number of nitrogens with one attached hydrogen (secondary N) is 1. The quantitative estimate of drug-likeness (QED) is 0.941. The number of aryl methyl sites for hydroxylation is 2. The van der Waals surface area contributed by atoms with Gasteiger partial charge in [0.15, 0.2) is 11.6 Å². The molecule has 0 amide bonds. The summed E-state index contributed by atoms with van der Waals surface area (Å²) in [5.41, 5.74) is 2.44. The summed E-state index contributed by atoms with van der Waals surface area (Å²) in [7, 11) is -2.37. The van der Waals surface area contributed by atoms with Crippen LogP contribution in [0.1, 0.15) is 17.5 Å². The average molecular weight is 321 g/mol. The van der Waals surface area contributed by atoms with Crippen LogP contribution in [0.25, 0.3) is 0 Å². The Hall–Kier alpha value is -2.08. The number of sulfonamides is 1. The molecule has 4 nitrogen and oxygen atoms in total. The van der Waals surface area contributed by atoms with Gasteiger partial charge in [0.2, 0.25) is 0 Å². The number of rotatable bonds is 4. The van der Waals surface area contributed by atoms with Gasteiger partial charge in [-0.25, -0.2) is 12.8 Å². The van der Waals surface area contributed by atoms with Crippen molar-refractivity contribution in [2.75, 3.05) is 11.8 Å². The maximum Gasteiger partial charge on any atom is 0.261 e. The highest BCUT2D eigenvalue weighted by Crippen LogP contribution is 2.27. The van der Waals surface area contributed by atoms with Crippen molar-refractivity contribution in [1.29, 1.82) is 0 Å². The highest BCUT2D eigenvalue weighted by Gasteiger charge is 2.19. The van der Waals surface area contributed by atoms with Crippen LogP contribution in [0.4, 0.5) is 10.1 Å². The van der Waals surface area contributed by atoms with Crippen molar-refractivity contribution in [1.82, 2.24) is 0 Å². The van der Waals surface area contributed by atoms with E-state index >= 15 is 0 Å². The fourth-order valence-electron chi connectivity index (χ4n) is 2.66. The third-order valence-corrected chi connectivity index (χ3v) is 5.16. The Morgan fingerprint density at radius 3 is 2.59 bits per heavy atom. The Bertz CT molecular complexity index is 818. The van der Waals surface area contributed by atoms with E-state index in [0.29, 0.717) is 0 Å². The number of hydrogen-bond acceptors (Lipinski definition) is 3. The molecule has 0 heterocycles. The van der Waals surface area contributed by atoms with Crippen LogP contribution in [0.5, 0.6) is 5.75 Å². The topological polar surface area (TPSA) is 55.4 Å². The molecule has 0 saturated heterocycles. The molecule has 0 aromatic heterocycles. The van der Waals surface area contributed by atoms with Gasteiger partial charge in [0, 0.05) is 6.07 Å². The number of benzene rings is 2. The molecule has 0 radical (unpaired) electrons. The lowest BCUT2D eigenvalue weighted by atomic mass is 10.1. The first-order chi connectivity index (χ1) is 10.5. The standard InChI is InChI=1S/C16H16FNO3S/c1-21-16-8-6-13(10-15(16)17)18-22(19,20)14-7-5-11-3-2-4-12(11)9-14/h5-10,18H,2-4H2,1H3. The largest absolute Gasteiger partial charge is 0.494 e. The molecule has 0 bridgehead atoms. The molecule has 0 aliphatic heterocycles. The first-order valence-corrected chi connectivity index (χ1v) is 8.46. The van der Waals surface area contributed by atoms with Gasteiger partial charge >= 0.3 is 0 Å². The lowest BCUT2D eigenvalue weighted by molar-refractivity contribution is 0.386. The Balaban J connectivity index is 1.89. The van der Waals surface area contributed by atoms with Crippen LogP contribution in [0.2, 0.25) is 0 Å². The van der Waals surface area contributed by atoms with E-state index in [0.717, 1.165) is 30.9 Å². The zero-order chi connectivity index (χ0) is 15.7. The van der Waals surface area contributed by atoms with Crippen molar-refractivity contribution in [2.45, 2.75) is 24.2 Å². The van der Waals surface area contributed by atoms with Crippen LogP contribution >= 0.6 is 0 Å². The molecule has 0 saturated carbocycles. The van der Waals surface area contributed by atoms with Crippen molar-refractivity contribution < 1.29 is 17.5 Å². The molecular formula is C16H16FNO3S. The second-order valence-corrected chi connectivity index (χ2v) is 6.92. The van der Waals surface area contributed by atoms with Crippen molar-refractivity contribution in [3.63, 3.8) is 0 Å². The monoisotopic (exact) mass is 321 g/mol. The number of halogens is 1. The zero-order valence-electron chi connectivity index (χ0n) is 12.1. The molecule has 22 heavy (non-hydrogen) atoms. The van der Waals surface area contributed by atoms with E-state index in [2.05, 4.69) is 4.72 Å². The lowest BCUT2D eigenvalue weighted by Crippen LogP contribution is -2.13. The Morgan fingerprint density at radius 2 is 1.86 bits per heavy atom. The minimum Gasteiger partial charge on any atom is -0.494 e. The normalized spacial score (nSPS) is 13.7. The third kappa shape index (κ3) is 2.78. The van der Waals surface area contributed by atoms with Crippen LogP contribution < -0.4 is 9.46 Å². The van der Waals surface area contributed by atoms with E-state index < -0.39 is 15.8 Å². The molecule has 1 aliphatic rings. The van der Waals surface area contributed by atoms with E-state index in [1.165, 1.54) is 24.8 Å². The van der Waals surface area contributed by atoms with Crippen LogP contribution in [-0.2, 0) is 22.9 Å². The van der Waals surface area contributed by atoms with E-state index in [9.17, 15) is 12.8 Å². The summed E-state index contributed by atoms with van der Waals surface area (Å²) in [5.74, 6) is -0.544. The molecule has 3 rings (SSSR count).